The first-order valence-electron chi connectivity index (χ1n) is 12.4. The number of carbonyl (C=O) groups is 2. The number of benzene rings is 2. The Kier molecular flexibility index (Phi) is 9.82. The summed E-state index contributed by atoms with van der Waals surface area (Å²) in [5.74, 6) is 1.26. The Hall–Kier alpha value is -3.22. The van der Waals surface area contributed by atoms with Gasteiger partial charge in [0.2, 0.25) is 5.91 Å². The van der Waals surface area contributed by atoms with Crippen molar-refractivity contribution in [3.8, 4) is 17.2 Å². The fourth-order valence-corrected chi connectivity index (χ4v) is 4.56. The standard InChI is InChI=1S/C28H38N2O5/c1-5-26(28(32)29-22-12-7-6-8-13-22)30(18-21-11-9-10-20(2)14-21)27(31)19-35-25-16-23(33-3)15-24(17-25)34-4/h9-11,14-17,22,26H,5-8,12-13,18-19H2,1-4H3,(H,29,32)/t26-/m1/s1. The van der Waals surface area contributed by atoms with Crippen LogP contribution in [0.3, 0.4) is 0 Å². The number of hydrogen-bond acceptors (Lipinski definition) is 5. The average molecular weight is 483 g/mol. The molecule has 1 N–H and O–H groups in total. The van der Waals surface area contributed by atoms with E-state index in [0.717, 1.165) is 36.8 Å². The van der Waals surface area contributed by atoms with Gasteiger partial charge in [0.15, 0.2) is 6.61 Å². The molecule has 0 heterocycles. The van der Waals surface area contributed by atoms with Crippen LogP contribution < -0.4 is 19.5 Å². The molecular weight excluding hydrogens is 444 g/mol. The van der Waals surface area contributed by atoms with Gasteiger partial charge in [-0.3, -0.25) is 9.59 Å². The zero-order valence-corrected chi connectivity index (χ0v) is 21.3. The van der Waals surface area contributed by atoms with Gasteiger partial charge in [0, 0.05) is 30.8 Å². The molecule has 190 valence electrons. The monoisotopic (exact) mass is 482 g/mol. The Morgan fingerprint density at radius 3 is 2.26 bits per heavy atom. The molecule has 7 nitrogen and oxygen atoms in total. The first-order chi connectivity index (χ1) is 16.9. The fourth-order valence-electron chi connectivity index (χ4n) is 4.56. The van der Waals surface area contributed by atoms with Crippen LogP contribution in [0, 0.1) is 6.92 Å². The van der Waals surface area contributed by atoms with Gasteiger partial charge in [-0.05, 0) is 31.7 Å². The van der Waals surface area contributed by atoms with E-state index in [9.17, 15) is 9.59 Å². The molecule has 1 aliphatic rings. The molecule has 7 heteroatoms. The first kappa shape index (κ1) is 26.4. The van der Waals surface area contributed by atoms with Gasteiger partial charge in [0.05, 0.1) is 14.2 Å². The summed E-state index contributed by atoms with van der Waals surface area (Å²) in [6, 6.07) is 12.8. The van der Waals surface area contributed by atoms with Gasteiger partial charge in [0.1, 0.15) is 23.3 Å². The van der Waals surface area contributed by atoms with Crippen LogP contribution in [-0.2, 0) is 16.1 Å². The second kappa shape index (κ2) is 13.0. The van der Waals surface area contributed by atoms with Crippen molar-refractivity contribution in [1.82, 2.24) is 10.2 Å². The minimum atomic E-state index is -0.576. The van der Waals surface area contributed by atoms with Gasteiger partial charge < -0.3 is 24.4 Å². The molecular formula is C28H38N2O5. The quantitative estimate of drug-likeness (QED) is 0.505. The lowest BCUT2D eigenvalue weighted by Gasteiger charge is -2.32. The molecule has 0 aromatic heterocycles. The summed E-state index contributed by atoms with van der Waals surface area (Å²) in [5.41, 5.74) is 2.08. The third-order valence-electron chi connectivity index (χ3n) is 6.46. The molecule has 3 rings (SSSR count). The van der Waals surface area contributed by atoms with Crippen LogP contribution in [0.25, 0.3) is 0 Å². The van der Waals surface area contributed by atoms with Crippen molar-refractivity contribution >= 4 is 11.8 Å². The summed E-state index contributed by atoms with van der Waals surface area (Å²) >= 11 is 0. The molecule has 1 atom stereocenters. The molecule has 0 aliphatic heterocycles. The molecule has 0 unspecified atom stereocenters. The van der Waals surface area contributed by atoms with Crippen molar-refractivity contribution in [2.75, 3.05) is 20.8 Å². The van der Waals surface area contributed by atoms with E-state index in [1.807, 2.05) is 38.1 Å². The molecule has 1 fully saturated rings. The van der Waals surface area contributed by atoms with Crippen molar-refractivity contribution in [3.63, 3.8) is 0 Å². The predicted molar refractivity (Wildman–Crippen MR) is 136 cm³/mol. The molecule has 35 heavy (non-hydrogen) atoms. The number of ether oxygens (including phenoxy) is 3. The SMILES string of the molecule is CC[C@H](C(=O)NC1CCCCC1)N(Cc1cccc(C)c1)C(=O)COc1cc(OC)cc(OC)c1. The molecule has 2 aromatic rings. The largest absolute Gasteiger partial charge is 0.496 e. The maximum atomic E-state index is 13.5. The van der Waals surface area contributed by atoms with E-state index >= 15 is 0 Å². The summed E-state index contributed by atoms with van der Waals surface area (Å²) in [4.78, 5) is 28.4. The van der Waals surface area contributed by atoms with Crippen molar-refractivity contribution in [3.05, 3.63) is 53.6 Å². The average Bonchev–Trinajstić information content (AvgIpc) is 2.87. The van der Waals surface area contributed by atoms with E-state index in [1.165, 1.54) is 6.42 Å². The van der Waals surface area contributed by atoms with E-state index in [4.69, 9.17) is 14.2 Å². The second-order valence-electron chi connectivity index (χ2n) is 9.12. The van der Waals surface area contributed by atoms with Gasteiger partial charge >= 0.3 is 0 Å². The summed E-state index contributed by atoms with van der Waals surface area (Å²) in [5, 5.41) is 3.20. The maximum absolute atomic E-state index is 13.5. The molecule has 0 spiro atoms. The number of amides is 2. The van der Waals surface area contributed by atoms with Crippen LogP contribution in [0.15, 0.2) is 42.5 Å². The Morgan fingerprint density at radius 2 is 1.66 bits per heavy atom. The number of nitrogens with one attached hydrogen (secondary N) is 1. The van der Waals surface area contributed by atoms with Gasteiger partial charge in [-0.2, -0.15) is 0 Å². The predicted octanol–water partition coefficient (Wildman–Crippen LogP) is 4.65. The molecule has 1 saturated carbocycles. The number of nitrogens with zero attached hydrogens (tertiary/aromatic N) is 1. The lowest BCUT2D eigenvalue weighted by atomic mass is 9.95. The highest BCUT2D eigenvalue weighted by Gasteiger charge is 2.30. The molecule has 0 saturated heterocycles. The third kappa shape index (κ3) is 7.64. The summed E-state index contributed by atoms with van der Waals surface area (Å²) in [6.07, 6.45) is 5.98. The highest BCUT2D eigenvalue weighted by Crippen LogP contribution is 2.27. The lowest BCUT2D eigenvalue weighted by Crippen LogP contribution is -2.52. The summed E-state index contributed by atoms with van der Waals surface area (Å²) in [6.45, 7) is 4.09. The lowest BCUT2D eigenvalue weighted by molar-refractivity contribution is -0.143. The minimum Gasteiger partial charge on any atom is -0.496 e. The van der Waals surface area contributed by atoms with Gasteiger partial charge in [-0.25, -0.2) is 0 Å². The highest BCUT2D eigenvalue weighted by atomic mass is 16.5. The van der Waals surface area contributed by atoms with Crippen LogP contribution in [0.2, 0.25) is 0 Å². The van der Waals surface area contributed by atoms with Crippen molar-refractivity contribution < 1.29 is 23.8 Å². The van der Waals surface area contributed by atoms with E-state index in [1.54, 1.807) is 37.3 Å². The van der Waals surface area contributed by atoms with E-state index < -0.39 is 6.04 Å². The van der Waals surface area contributed by atoms with E-state index in [-0.39, 0.29) is 24.5 Å². The number of hydrogen-bond donors (Lipinski definition) is 1. The highest BCUT2D eigenvalue weighted by molar-refractivity contribution is 5.88. The molecule has 0 bridgehead atoms. The van der Waals surface area contributed by atoms with Crippen LogP contribution in [0.1, 0.15) is 56.6 Å². The molecule has 0 radical (unpaired) electrons. The zero-order chi connectivity index (χ0) is 25.2. The Morgan fingerprint density at radius 1 is 1.00 bits per heavy atom. The topological polar surface area (TPSA) is 77.1 Å². The number of rotatable bonds is 11. The Balaban J connectivity index is 1.78. The minimum absolute atomic E-state index is 0.0940. The molecule has 1 aliphatic carbocycles. The van der Waals surface area contributed by atoms with Crippen molar-refractivity contribution in [2.45, 2.75) is 71.0 Å². The summed E-state index contributed by atoms with van der Waals surface area (Å²) < 4.78 is 16.4. The van der Waals surface area contributed by atoms with E-state index in [2.05, 4.69) is 5.32 Å². The van der Waals surface area contributed by atoms with Gasteiger partial charge in [-0.1, -0.05) is 56.0 Å². The first-order valence-corrected chi connectivity index (χ1v) is 12.4. The number of carbonyl (C=O) groups excluding carboxylic acids is 2. The number of aryl methyl sites for hydroxylation is 1. The Bertz CT molecular complexity index is 965. The smallest absolute Gasteiger partial charge is 0.261 e. The normalized spacial score (nSPS) is 14.6. The third-order valence-corrected chi connectivity index (χ3v) is 6.46. The fraction of sp³-hybridized carbons (Fsp3) is 0.500. The maximum Gasteiger partial charge on any atom is 0.261 e. The van der Waals surface area contributed by atoms with Crippen LogP contribution in [-0.4, -0.2) is 49.6 Å². The number of methoxy groups -OCH3 is 2. The Labute approximate surface area is 208 Å². The van der Waals surface area contributed by atoms with Gasteiger partial charge in [-0.15, -0.1) is 0 Å². The van der Waals surface area contributed by atoms with Crippen LogP contribution in [0.5, 0.6) is 17.2 Å². The van der Waals surface area contributed by atoms with E-state index in [0.29, 0.717) is 30.2 Å². The molecule has 2 aromatic carbocycles. The van der Waals surface area contributed by atoms with Crippen LogP contribution in [0.4, 0.5) is 0 Å². The van der Waals surface area contributed by atoms with Gasteiger partial charge in [0.25, 0.3) is 5.91 Å². The second-order valence-corrected chi connectivity index (χ2v) is 9.12. The molecule has 2 amide bonds. The summed E-state index contributed by atoms with van der Waals surface area (Å²) in [7, 11) is 3.12. The van der Waals surface area contributed by atoms with Crippen LogP contribution >= 0.6 is 0 Å². The zero-order valence-electron chi connectivity index (χ0n) is 21.3. The van der Waals surface area contributed by atoms with Crippen molar-refractivity contribution in [1.29, 1.82) is 0 Å². The van der Waals surface area contributed by atoms with Crippen molar-refractivity contribution in [2.24, 2.45) is 0 Å².